The van der Waals surface area contributed by atoms with Crippen LogP contribution in [0, 0.1) is 6.92 Å². The summed E-state index contributed by atoms with van der Waals surface area (Å²) in [5.74, 6) is 0.467. The number of hydrogen-bond acceptors (Lipinski definition) is 4. The van der Waals surface area contributed by atoms with Crippen molar-refractivity contribution in [1.29, 1.82) is 0 Å². The molecular formula is C12H11BrN2O3. The third kappa shape index (κ3) is 2.70. The van der Waals surface area contributed by atoms with Crippen LogP contribution in [0.3, 0.4) is 0 Å². The molecule has 1 N–H and O–H groups in total. The lowest BCUT2D eigenvalue weighted by molar-refractivity contribution is 0.0988. The Morgan fingerprint density at radius 2 is 2.22 bits per heavy atom. The number of hydrogen-bond donors (Lipinski definition) is 1. The molecule has 1 aromatic carbocycles. The summed E-state index contributed by atoms with van der Waals surface area (Å²) >= 11 is 3.35. The maximum Gasteiger partial charge on any atom is 0.294 e. The van der Waals surface area contributed by atoms with E-state index in [1.54, 1.807) is 38.3 Å². The number of carbonyl (C=O) groups is 1. The van der Waals surface area contributed by atoms with Gasteiger partial charge in [0.15, 0.2) is 0 Å². The number of aromatic nitrogens is 1. The molecule has 0 fully saturated rings. The van der Waals surface area contributed by atoms with E-state index in [4.69, 9.17) is 9.26 Å². The summed E-state index contributed by atoms with van der Waals surface area (Å²) in [6.45, 7) is 1.75. The third-order valence-corrected chi connectivity index (χ3v) is 2.96. The first-order valence-electron chi connectivity index (χ1n) is 5.18. The van der Waals surface area contributed by atoms with Crippen LogP contribution in [0.25, 0.3) is 0 Å². The predicted octanol–water partition coefficient (Wildman–Crippen LogP) is 3.01. The molecule has 0 unspecified atom stereocenters. The van der Waals surface area contributed by atoms with E-state index in [9.17, 15) is 4.79 Å². The molecule has 1 amide bonds. The van der Waals surface area contributed by atoms with Gasteiger partial charge in [0.05, 0.1) is 18.5 Å². The average Bonchev–Trinajstić information content (AvgIpc) is 2.79. The zero-order chi connectivity index (χ0) is 13.1. The van der Waals surface area contributed by atoms with Crippen molar-refractivity contribution in [2.45, 2.75) is 6.92 Å². The molecule has 0 aliphatic rings. The minimum absolute atomic E-state index is 0.169. The van der Waals surface area contributed by atoms with Crippen molar-refractivity contribution >= 4 is 27.5 Å². The number of carbonyl (C=O) groups excluding carboxylic acids is 1. The smallest absolute Gasteiger partial charge is 0.294 e. The van der Waals surface area contributed by atoms with Gasteiger partial charge < -0.3 is 14.6 Å². The molecule has 0 aliphatic heterocycles. The van der Waals surface area contributed by atoms with Crippen molar-refractivity contribution in [1.82, 2.24) is 5.16 Å². The Morgan fingerprint density at radius 3 is 2.83 bits per heavy atom. The lowest BCUT2D eigenvalue weighted by Gasteiger charge is -2.07. The molecule has 94 valence electrons. The first kappa shape index (κ1) is 12.6. The number of nitrogens with one attached hydrogen (secondary N) is 1. The second kappa shape index (κ2) is 5.22. The number of methoxy groups -OCH3 is 1. The van der Waals surface area contributed by atoms with Crippen LogP contribution in [0.2, 0.25) is 0 Å². The molecule has 0 saturated heterocycles. The number of amides is 1. The summed E-state index contributed by atoms with van der Waals surface area (Å²) in [5, 5.41) is 6.38. The fraction of sp³-hybridized carbons (Fsp3) is 0.167. The van der Waals surface area contributed by atoms with Gasteiger partial charge in [-0.3, -0.25) is 4.79 Å². The molecule has 18 heavy (non-hydrogen) atoms. The summed E-state index contributed by atoms with van der Waals surface area (Å²) in [4.78, 5) is 11.9. The highest BCUT2D eigenvalue weighted by atomic mass is 79.9. The molecule has 0 atom stereocenters. The molecule has 2 aromatic rings. The molecule has 0 saturated carbocycles. The van der Waals surface area contributed by atoms with Crippen molar-refractivity contribution in [2.24, 2.45) is 0 Å². The van der Waals surface area contributed by atoms with E-state index in [0.29, 0.717) is 17.1 Å². The SMILES string of the molecule is COc1ccc(Br)c(NC(=O)c2cc(C)no2)c1. The molecule has 1 heterocycles. The minimum atomic E-state index is -0.357. The van der Waals surface area contributed by atoms with E-state index in [2.05, 4.69) is 26.4 Å². The van der Waals surface area contributed by atoms with Crippen molar-refractivity contribution in [2.75, 3.05) is 12.4 Å². The molecule has 0 radical (unpaired) electrons. The van der Waals surface area contributed by atoms with Crippen molar-refractivity contribution in [3.8, 4) is 5.75 Å². The Morgan fingerprint density at radius 1 is 1.44 bits per heavy atom. The van der Waals surface area contributed by atoms with Crippen LogP contribution < -0.4 is 10.1 Å². The van der Waals surface area contributed by atoms with Gasteiger partial charge in [-0.05, 0) is 35.0 Å². The Hall–Kier alpha value is -1.82. The van der Waals surface area contributed by atoms with Crippen LogP contribution in [0.1, 0.15) is 16.2 Å². The second-order valence-electron chi connectivity index (χ2n) is 3.63. The Balaban J connectivity index is 2.21. The van der Waals surface area contributed by atoms with Crippen LogP contribution in [-0.2, 0) is 0 Å². The van der Waals surface area contributed by atoms with Gasteiger partial charge in [-0.1, -0.05) is 5.16 Å². The molecular weight excluding hydrogens is 300 g/mol. The predicted molar refractivity (Wildman–Crippen MR) is 69.9 cm³/mol. The van der Waals surface area contributed by atoms with Gasteiger partial charge in [-0.25, -0.2) is 0 Å². The first-order valence-corrected chi connectivity index (χ1v) is 5.97. The molecule has 2 rings (SSSR count). The van der Waals surface area contributed by atoms with E-state index < -0.39 is 0 Å². The normalized spacial score (nSPS) is 10.2. The number of benzene rings is 1. The van der Waals surface area contributed by atoms with Gasteiger partial charge in [-0.2, -0.15) is 0 Å². The van der Waals surface area contributed by atoms with Gasteiger partial charge in [-0.15, -0.1) is 0 Å². The van der Waals surface area contributed by atoms with E-state index in [1.807, 2.05) is 0 Å². The quantitative estimate of drug-likeness (QED) is 0.946. The van der Waals surface area contributed by atoms with Crippen molar-refractivity contribution in [3.63, 3.8) is 0 Å². The average molecular weight is 311 g/mol. The molecule has 5 nitrogen and oxygen atoms in total. The van der Waals surface area contributed by atoms with Crippen LogP contribution in [0.15, 0.2) is 33.3 Å². The lowest BCUT2D eigenvalue weighted by atomic mass is 10.3. The van der Waals surface area contributed by atoms with E-state index in [1.165, 1.54) is 0 Å². The second-order valence-corrected chi connectivity index (χ2v) is 4.49. The molecule has 1 aromatic heterocycles. The summed E-state index contributed by atoms with van der Waals surface area (Å²) in [5.41, 5.74) is 1.26. The molecule has 0 spiro atoms. The number of rotatable bonds is 3. The maximum absolute atomic E-state index is 11.9. The summed E-state index contributed by atoms with van der Waals surface area (Å²) in [6, 6.07) is 6.87. The van der Waals surface area contributed by atoms with E-state index >= 15 is 0 Å². The van der Waals surface area contributed by atoms with Gasteiger partial charge in [0.1, 0.15) is 5.75 Å². The Kier molecular flexibility index (Phi) is 3.66. The largest absolute Gasteiger partial charge is 0.497 e. The number of anilines is 1. The van der Waals surface area contributed by atoms with E-state index in [0.717, 1.165) is 4.47 Å². The van der Waals surface area contributed by atoms with Crippen LogP contribution >= 0.6 is 15.9 Å². The number of nitrogens with zero attached hydrogens (tertiary/aromatic N) is 1. The van der Waals surface area contributed by atoms with Gasteiger partial charge in [0.2, 0.25) is 5.76 Å². The van der Waals surface area contributed by atoms with E-state index in [-0.39, 0.29) is 11.7 Å². The molecule has 0 aliphatic carbocycles. The van der Waals surface area contributed by atoms with Crippen LogP contribution in [0.4, 0.5) is 5.69 Å². The Bertz CT molecular complexity index is 580. The standard InChI is InChI=1S/C12H11BrN2O3/c1-7-5-11(18-15-7)12(16)14-10-6-8(17-2)3-4-9(10)13/h3-6H,1-2H3,(H,14,16). The summed E-state index contributed by atoms with van der Waals surface area (Å²) in [6.07, 6.45) is 0. The number of ether oxygens (including phenoxy) is 1. The zero-order valence-electron chi connectivity index (χ0n) is 9.86. The minimum Gasteiger partial charge on any atom is -0.497 e. The van der Waals surface area contributed by atoms with Gasteiger partial charge >= 0.3 is 0 Å². The lowest BCUT2D eigenvalue weighted by Crippen LogP contribution is -2.11. The fourth-order valence-corrected chi connectivity index (χ4v) is 1.73. The highest BCUT2D eigenvalue weighted by molar-refractivity contribution is 9.10. The van der Waals surface area contributed by atoms with Crippen molar-refractivity contribution in [3.05, 3.63) is 40.2 Å². The fourth-order valence-electron chi connectivity index (χ4n) is 1.38. The first-order chi connectivity index (χ1) is 8.60. The van der Waals surface area contributed by atoms with Crippen LogP contribution in [0.5, 0.6) is 5.75 Å². The highest BCUT2D eigenvalue weighted by Gasteiger charge is 2.13. The third-order valence-electron chi connectivity index (χ3n) is 2.27. The molecule has 0 bridgehead atoms. The number of aryl methyl sites for hydroxylation is 1. The highest BCUT2D eigenvalue weighted by Crippen LogP contribution is 2.27. The maximum atomic E-state index is 11.9. The monoisotopic (exact) mass is 310 g/mol. The van der Waals surface area contributed by atoms with Gasteiger partial charge in [0, 0.05) is 16.6 Å². The van der Waals surface area contributed by atoms with Gasteiger partial charge in [0.25, 0.3) is 5.91 Å². The molecule has 6 heteroatoms. The van der Waals surface area contributed by atoms with Crippen molar-refractivity contribution < 1.29 is 14.1 Å². The van der Waals surface area contributed by atoms with Crippen LogP contribution in [-0.4, -0.2) is 18.2 Å². The summed E-state index contributed by atoms with van der Waals surface area (Å²) in [7, 11) is 1.56. The zero-order valence-corrected chi connectivity index (χ0v) is 11.4. The number of halogens is 1. The Labute approximate surface area is 112 Å². The topological polar surface area (TPSA) is 64.4 Å². The summed E-state index contributed by atoms with van der Waals surface area (Å²) < 4.78 is 10.7.